The zero-order valence-corrected chi connectivity index (χ0v) is 3.86. The molecule has 0 amide bonds. The second-order valence-corrected chi connectivity index (χ2v) is 0.808. The van der Waals surface area contributed by atoms with Crippen LogP contribution in [0.4, 0.5) is 0 Å². The van der Waals surface area contributed by atoms with Gasteiger partial charge in [-0.3, -0.25) is 0 Å². The molecule has 0 spiro atoms. The molecule has 0 saturated heterocycles. The van der Waals surface area contributed by atoms with Crippen LogP contribution in [0.2, 0.25) is 0 Å². The zero-order valence-electron chi connectivity index (χ0n) is 3.86. The van der Waals surface area contributed by atoms with Gasteiger partial charge in [-0.2, -0.15) is 0 Å². The second kappa shape index (κ2) is 4.42. The molecule has 0 saturated carbocycles. The molecular weight excluding hydrogens is 72.9 g/mol. The molecule has 0 aromatic carbocycles. The first-order valence-corrected chi connectivity index (χ1v) is 1.74. The molecule has 0 aliphatic carbocycles. The van der Waals surface area contributed by atoms with Crippen molar-refractivity contribution in [2.24, 2.45) is 4.90 Å². The molecule has 0 fully saturated rings. The van der Waals surface area contributed by atoms with Gasteiger partial charge in [0.05, 0.1) is 0 Å². The quantitative estimate of drug-likeness (QED) is 0.312. The van der Waals surface area contributed by atoms with Gasteiger partial charge in [-0.25, -0.2) is 0 Å². The van der Waals surface area contributed by atoms with Gasteiger partial charge < -0.3 is 0 Å². The Morgan fingerprint density at radius 1 is 1.83 bits per heavy atom. The third-order valence-electron chi connectivity index (χ3n) is 0.368. The van der Waals surface area contributed by atoms with Crippen LogP contribution in [0.3, 0.4) is 0 Å². The minimum absolute atomic E-state index is 0.566. The third kappa shape index (κ3) is 3.42. The summed E-state index contributed by atoms with van der Waals surface area (Å²) in [5.74, 6) is 5.40. The Labute approximate surface area is 38.9 Å². The molecule has 0 rings (SSSR count). The Morgan fingerprint density at radius 3 is 2.67 bits per heavy atom. The van der Waals surface area contributed by atoms with Gasteiger partial charge in [-0.15, -0.1) is 0 Å². The average molecular weight is 78.9 g/mol. The normalized spacial score (nSPS) is 5.33. The minimum atomic E-state index is 0.566. The molecular formula is C4H6BN. The van der Waals surface area contributed by atoms with E-state index in [1.54, 1.807) is 6.92 Å². The van der Waals surface area contributed by atoms with Gasteiger partial charge in [0.2, 0.25) is 0 Å². The Hall–Kier alpha value is -0.575. The average Bonchev–Trinajstić information content (AvgIpc) is 1.61. The van der Waals surface area contributed by atoms with Gasteiger partial charge in [0.25, 0.3) is 0 Å². The van der Waals surface area contributed by atoms with Crippen molar-refractivity contribution in [3.8, 4) is 11.8 Å². The first-order valence-electron chi connectivity index (χ1n) is 1.74. The third-order valence-corrected chi connectivity index (χ3v) is 0.368. The summed E-state index contributed by atoms with van der Waals surface area (Å²) in [6, 6.07) is 0. The molecule has 0 aliphatic rings. The van der Waals surface area contributed by atoms with Crippen molar-refractivity contribution in [1.82, 2.24) is 0 Å². The summed E-state index contributed by atoms with van der Waals surface area (Å²) in [6.45, 7) is 2.35. The zero-order chi connectivity index (χ0) is 4.83. The Bertz CT molecular complexity index is 87.5. The summed E-state index contributed by atoms with van der Waals surface area (Å²) >= 11 is 0. The predicted octanol–water partition coefficient (Wildman–Crippen LogP) is 0.0941. The monoisotopic (exact) mass is 79.1 g/mol. The molecule has 30 valence electrons. The molecule has 0 aromatic heterocycles. The van der Waals surface area contributed by atoms with Gasteiger partial charge in [-0.05, 0) is 0 Å². The topological polar surface area (TPSA) is 12.4 Å². The molecule has 1 nitrogen and oxygen atoms in total. The number of nitrogens with zero attached hydrogens (tertiary/aromatic N) is 1. The van der Waals surface area contributed by atoms with E-state index < -0.39 is 0 Å². The molecule has 2 heteroatoms. The molecule has 6 heavy (non-hydrogen) atoms. The van der Waals surface area contributed by atoms with Crippen LogP contribution in [0.25, 0.3) is 0 Å². The van der Waals surface area contributed by atoms with Crippen LogP contribution >= 0.6 is 0 Å². The fraction of sp³-hybridized carbons (Fsp3) is 0.500. The summed E-state index contributed by atoms with van der Waals surface area (Å²) in [7, 11) is 3.25. The van der Waals surface area contributed by atoms with E-state index in [1.807, 2.05) is 0 Å². The number of hydrogen-bond acceptors (Lipinski definition) is 1. The van der Waals surface area contributed by atoms with Crippen LogP contribution in [0.1, 0.15) is 6.92 Å². The van der Waals surface area contributed by atoms with Gasteiger partial charge >= 0.3 is 37.8 Å². The van der Waals surface area contributed by atoms with Crippen molar-refractivity contribution in [3.05, 3.63) is 0 Å². The van der Waals surface area contributed by atoms with Gasteiger partial charge in [0.1, 0.15) is 0 Å². The molecule has 0 bridgehead atoms. The van der Waals surface area contributed by atoms with Gasteiger partial charge in [-0.1, -0.05) is 0 Å². The first-order chi connectivity index (χ1) is 2.91. The van der Waals surface area contributed by atoms with Crippen molar-refractivity contribution < 1.29 is 0 Å². The molecule has 0 aliphatic heterocycles. The van der Waals surface area contributed by atoms with Crippen LogP contribution in [0.15, 0.2) is 4.90 Å². The molecule has 0 unspecified atom stereocenters. The Morgan fingerprint density at radius 2 is 2.50 bits per heavy atom. The summed E-state index contributed by atoms with van der Waals surface area (Å²) in [5, 5.41) is 0. The van der Waals surface area contributed by atoms with E-state index in [2.05, 4.69) is 24.4 Å². The van der Waals surface area contributed by atoms with Gasteiger partial charge in [0, 0.05) is 0 Å². The molecule has 0 aromatic rings. The van der Waals surface area contributed by atoms with E-state index in [9.17, 15) is 0 Å². The van der Waals surface area contributed by atoms with E-state index >= 15 is 0 Å². The van der Waals surface area contributed by atoms with Crippen molar-refractivity contribution in [2.45, 2.75) is 6.92 Å². The SMILES string of the molecule is B=NCC#CC. The van der Waals surface area contributed by atoms with Crippen LogP contribution in [-0.2, 0) is 0 Å². The van der Waals surface area contributed by atoms with Crippen molar-refractivity contribution in [3.63, 3.8) is 0 Å². The van der Waals surface area contributed by atoms with Crippen LogP contribution < -0.4 is 0 Å². The maximum absolute atomic E-state index is 3.50. The predicted molar refractivity (Wildman–Crippen MR) is 27.9 cm³/mol. The van der Waals surface area contributed by atoms with Crippen LogP contribution in [0, 0.1) is 11.8 Å². The molecule has 0 radical (unpaired) electrons. The van der Waals surface area contributed by atoms with Crippen molar-refractivity contribution in [2.75, 3.05) is 6.54 Å². The fourth-order valence-corrected chi connectivity index (χ4v) is 0.135. The number of rotatable bonds is 1. The molecule has 0 atom stereocenters. The Kier molecular flexibility index (Phi) is 4.00. The van der Waals surface area contributed by atoms with E-state index in [-0.39, 0.29) is 0 Å². The van der Waals surface area contributed by atoms with Crippen LogP contribution in [0.5, 0.6) is 0 Å². The molecule has 0 N–H and O–H groups in total. The second-order valence-electron chi connectivity index (χ2n) is 0.808. The van der Waals surface area contributed by atoms with E-state index in [0.717, 1.165) is 0 Å². The Balaban J connectivity index is 3.00. The number of hydrogen-bond donors (Lipinski definition) is 0. The summed E-state index contributed by atoms with van der Waals surface area (Å²) in [4.78, 5) is 3.50. The fourth-order valence-electron chi connectivity index (χ4n) is 0.135. The standard InChI is InChI=1S/C4H6BN/c1-2-3-4-6-5/h5H,4H2,1H3. The first kappa shape index (κ1) is 5.42. The van der Waals surface area contributed by atoms with Crippen molar-refractivity contribution in [1.29, 1.82) is 0 Å². The summed E-state index contributed by atoms with van der Waals surface area (Å²) in [5.41, 5.74) is 0. The summed E-state index contributed by atoms with van der Waals surface area (Å²) in [6.07, 6.45) is 0. The van der Waals surface area contributed by atoms with Crippen LogP contribution in [-0.4, -0.2) is 14.2 Å². The van der Waals surface area contributed by atoms with Gasteiger partial charge in [0.15, 0.2) is 0 Å². The maximum atomic E-state index is 3.50. The van der Waals surface area contributed by atoms with E-state index in [1.165, 1.54) is 0 Å². The van der Waals surface area contributed by atoms with E-state index in [4.69, 9.17) is 0 Å². The summed E-state index contributed by atoms with van der Waals surface area (Å²) < 4.78 is 0. The van der Waals surface area contributed by atoms with Crippen molar-refractivity contribution >= 4 is 7.64 Å². The van der Waals surface area contributed by atoms with E-state index in [0.29, 0.717) is 6.54 Å². The molecule has 0 heterocycles.